The van der Waals surface area contributed by atoms with Crippen molar-refractivity contribution in [3.05, 3.63) is 34.9 Å². The third-order valence-electron chi connectivity index (χ3n) is 2.84. The van der Waals surface area contributed by atoms with E-state index in [-0.39, 0.29) is 5.91 Å². The largest absolute Gasteiger partial charge is 0.381 e. The maximum atomic E-state index is 12.0. The minimum atomic E-state index is 0.00468. The summed E-state index contributed by atoms with van der Waals surface area (Å²) in [5, 5.41) is 2.94. The van der Waals surface area contributed by atoms with Crippen molar-refractivity contribution in [3.8, 4) is 0 Å². The Bertz CT molecular complexity index is 413. The number of benzene rings is 1. The number of hydrogen-bond donors (Lipinski definition) is 1. The van der Waals surface area contributed by atoms with E-state index in [1.54, 1.807) is 0 Å². The second-order valence-electron chi connectivity index (χ2n) is 5.40. The van der Waals surface area contributed by atoms with Crippen molar-refractivity contribution in [2.24, 2.45) is 5.92 Å². The fourth-order valence-electron chi connectivity index (χ4n) is 1.77. The molecule has 0 saturated carbocycles. The van der Waals surface area contributed by atoms with Gasteiger partial charge in [-0.1, -0.05) is 31.5 Å². The monoisotopic (exact) mass is 263 g/mol. The van der Waals surface area contributed by atoms with Gasteiger partial charge in [0.25, 0.3) is 5.91 Å². The third-order valence-corrected chi connectivity index (χ3v) is 2.84. The van der Waals surface area contributed by atoms with Crippen LogP contribution in [-0.2, 0) is 4.74 Å². The van der Waals surface area contributed by atoms with Crippen molar-refractivity contribution in [1.82, 2.24) is 5.32 Å². The molecule has 0 aliphatic rings. The topological polar surface area (TPSA) is 38.3 Å². The summed E-state index contributed by atoms with van der Waals surface area (Å²) in [6, 6.07) is 5.93. The van der Waals surface area contributed by atoms with Gasteiger partial charge in [0, 0.05) is 25.3 Å². The van der Waals surface area contributed by atoms with Crippen molar-refractivity contribution in [2.45, 2.75) is 34.1 Å². The molecule has 0 heterocycles. The van der Waals surface area contributed by atoms with Gasteiger partial charge in [0.15, 0.2) is 0 Å². The summed E-state index contributed by atoms with van der Waals surface area (Å²) in [7, 11) is 0. The van der Waals surface area contributed by atoms with Crippen LogP contribution in [0.5, 0.6) is 0 Å². The summed E-state index contributed by atoms with van der Waals surface area (Å²) in [6.45, 7) is 10.3. The molecule has 0 aliphatic heterocycles. The average molecular weight is 263 g/mol. The number of carbonyl (C=O) groups excluding carboxylic acids is 1. The first-order valence-corrected chi connectivity index (χ1v) is 6.94. The fraction of sp³-hybridized carbons (Fsp3) is 0.562. The Hall–Kier alpha value is -1.35. The van der Waals surface area contributed by atoms with E-state index in [1.807, 2.05) is 32.0 Å². The molecule has 0 aromatic heterocycles. The van der Waals surface area contributed by atoms with Gasteiger partial charge < -0.3 is 10.1 Å². The van der Waals surface area contributed by atoms with Gasteiger partial charge in [-0.05, 0) is 37.8 Å². The quantitative estimate of drug-likeness (QED) is 0.768. The first-order valence-electron chi connectivity index (χ1n) is 6.94. The second-order valence-corrected chi connectivity index (χ2v) is 5.40. The molecule has 0 saturated heterocycles. The molecule has 19 heavy (non-hydrogen) atoms. The van der Waals surface area contributed by atoms with Crippen LogP contribution in [0.25, 0.3) is 0 Å². The third kappa shape index (κ3) is 5.88. The van der Waals surface area contributed by atoms with E-state index in [4.69, 9.17) is 4.74 Å². The van der Waals surface area contributed by atoms with Crippen molar-refractivity contribution >= 4 is 5.91 Å². The first kappa shape index (κ1) is 15.7. The van der Waals surface area contributed by atoms with Gasteiger partial charge in [-0.15, -0.1) is 0 Å². The van der Waals surface area contributed by atoms with Gasteiger partial charge in [-0.25, -0.2) is 0 Å². The van der Waals surface area contributed by atoms with Crippen LogP contribution in [0.3, 0.4) is 0 Å². The van der Waals surface area contributed by atoms with Gasteiger partial charge in [0.2, 0.25) is 0 Å². The first-order chi connectivity index (χ1) is 9.00. The Labute approximate surface area is 116 Å². The molecular formula is C16H25NO2. The standard InChI is InChI=1S/C16H25NO2/c1-12(2)11-19-9-5-8-17-16(18)15-10-13(3)6-7-14(15)4/h6-7,10,12H,5,8-9,11H2,1-4H3,(H,17,18). The zero-order valence-electron chi connectivity index (χ0n) is 12.5. The highest BCUT2D eigenvalue weighted by Gasteiger charge is 2.08. The van der Waals surface area contributed by atoms with Crippen LogP contribution in [0, 0.1) is 19.8 Å². The molecule has 3 heteroatoms. The molecule has 0 bridgehead atoms. The molecule has 1 aromatic rings. The Morgan fingerprint density at radius 3 is 2.74 bits per heavy atom. The highest BCUT2D eigenvalue weighted by molar-refractivity contribution is 5.95. The van der Waals surface area contributed by atoms with E-state index < -0.39 is 0 Å². The van der Waals surface area contributed by atoms with Crippen LogP contribution < -0.4 is 5.32 Å². The Morgan fingerprint density at radius 1 is 1.32 bits per heavy atom. The lowest BCUT2D eigenvalue weighted by Crippen LogP contribution is -2.26. The molecule has 0 aliphatic carbocycles. The molecule has 1 aromatic carbocycles. The number of hydrogen-bond acceptors (Lipinski definition) is 2. The summed E-state index contributed by atoms with van der Waals surface area (Å²) >= 11 is 0. The van der Waals surface area contributed by atoms with E-state index in [0.717, 1.165) is 29.7 Å². The molecule has 106 valence electrons. The van der Waals surface area contributed by atoms with Crippen LogP contribution in [0.4, 0.5) is 0 Å². The van der Waals surface area contributed by atoms with Crippen LogP contribution in [0.1, 0.15) is 41.8 Å². The Morgan fingerprint density at radius 2 is 2.05 bits per heavy atom. The zero-order chi connectivity index (χ0) is 14.3. The molecule has 0 radical (unpaired) electrons. The summed E-state index contributed by atoms with van der Waals surface area (Å²) in [6.07, 6.45) is 0.851. The van der Waals surface area contributed by atoms with E-state index in [9.17, 15) is 4.79 Å². The maximum absolute atomic E-state index is 12.0. The van der Waals surface area contributed by atoms with Gasteiger partial charge >= 0.3 is 0 Å². The smallest absolute Gasteiger partial charge is 0.251 e. The van der Waals surface area contributed by atoms with E-state index in [0.29, 0.717) is 19.1 Å². The number of aryl methyl sites for hydroxylation is 2. The molecule has 0 fully saturated rings. The summed E-state index contributed by atoms with van der Waals surface area (Å²) in [5.41, 5.74) is 2.89. The van der Waals surface area contributed by atoms with Crippen LogP contribution in [0.2, 0.25) is 0 Å². The maximum Gasteiger partial charge on any atom is 0.251 e. The normalized spacial score (nSPS) is 10.8. The van der Waals surface area contributed by atoms with Crippen LogP contribution in [0.15, 0.2) is 18.2 Å². The van der Waals surface area contributed by atoms with Crippen molar-refractivity contribution in [2.75, 3.05) is 19.8 Å². The highest BCUT2D eigenvalue weighted by Crippen LogP contribution is 2.10. The zero-order valence-corrected chi connectivity index (χ0v) is 12.5. The summed E-state index contributed by atoms with van der Waals surface area (Å²) < 4.78 is 5.47. The second kappa shape index (κ2) is 7.95. The summed E-state index contributed by atoms with van der Waals surface area (Å²) in [5.74, 6) is 0.564. The average Bonchev–Trinajstić information content (AvgIpc) is 2.36. The molecule has 1 amide bonds. The SMILES string of the molecule is Cc1ccc(C)c(C(=O)NCCCOCC(C)C)c1. The van der Waals surface area contributed by atoms with Crippen molar-refractivity contribution < 1.29 is 9.53 Å². The van der Waals surface area contributed by atoms with E-state index >= 15 is 0 Å². The van der Waals surface area contributed by atoms with Crippen molar-refractivity contribution in [3.63, 3.8) is 0 Å². The Kier molecular flexibility index (Phi) is 6.57. The number of rotatable bonds is 7. The lowest BCUT2D eigenvalue weighted by Gasteiger charge is -2.09. The lowest BCUT2D eigenvalue weighted by molar-refractivity contribution is 0.0924. The fourth-order valence-corrected chi connectivity index (χ4v) is 1.77. The molecule has 0 atom stereocenters. The number of amides is 1. The molecule has 0 unspecified atom stereocenters. The van der Waals surface area contributed by atoms with Gasteiger partial charge in [0.05, 0.1) is 0 Å². The number of nitrogens with one attached hydrogen (secondary N) is 1. The van der Waals surface area contributed by atoms with Gasteiger partial charge in [0.1, 0.15) is 0 Å². The number of carbonyl (C=O) groups is 1. The highest BCUT2D eigenvalue weighted by atomic mass is 16.5. The molecule has 1 rings (SSSR count). The molecule has 1 N–H and O–H groups in total. The van der Waals surface area contributed by atoms with Gasteiger partial charge in [-0.2, -0.15) is 0 Å². The number of ether oxygens (including phenoxy) is 1. The molecular weight excluding hydrogens is 238 g/mol. The Balaban J connectivity index is 2.29. The van der Waals surface area contributed by atoms with E-state index in [2.05, 4.69) is 19.2 Å². The summed E-state index contributed by atoms with van der Waals surface area (Å²) in [4.78, 5) is 12.0. The van der Waals surface area contributed by atoms with Gasteiger partial charge in [-0.3, -0.25) is 4.79 Å². The van der Waals surface area contributed by atoms with Crippen molar-refractivity contribution in [1.29, 1.82) is 0 Å². The minimum Gasteiger partial charge on any atom is -0.381 e. The molecule has 0 spiro atoms. The minimum absolute atomic E-state index is 0.00468. The predicted octanol–water partition coefficient (Wildman–Crippen LogP) is 3.10. The lowest BCUT2D eigenvalue weighted by atomic mass is 10.1. The van der Waals surface area contributed by atoms with Crippen LogP contribution in [-0.4, -0.2) is 25.7 Å². The predicted molar refractivity (Wildman–Crippen MR) is 78.5 cm³/mol. The molecule has 3 nitrogen and oxygen atoms in total. The van der Waals surface area contributed by atoms with Crippen LogP contribution >= 0.6 is 0 Å². The van der Waals surface area contributed by atoms with E-state index in [1.165, 1.54) is 0 Å².